The molecule has 0 amide bonds. The van der Waals surface area contributed by atoms with E-state index in [4.69, 9.17) is 0 Å². The summed E-state index contributed by atoms with van der Waals surface area (Å²) in [5.41, 5.74) is 0. The van der Waals surface area contributed by atoms with Crippen LogP contribution < -0.4 is 4.72 Å². The summed E-state index contributed by atoms with van der Waals surface area (Å²) < 4.78 is 28.1. The van der Waals surface area contributed by atoms with Gasteiger partial charge in [0.15, 0.2) is 0 Å². The van der Waals surface area contributed by atoms with E-state index in [1.54, 1.807) is 7.05 Å². The Balaban J connectivity index is 2.08. The number of aliphatic hydroxyl groups excluding tert-OH is 1. The molecule has 2 rings (SSSR count). The summed E-state index contributed by atoms with van der Waals surface area (Å²) in [4.78, 5) is 0. The molecule has 0 saturated heterocycles. The second-order valence-electron chi connectivity index (χ2n) is 5.24. The summed E-state index contributed by atoms with van der Waals surface area (Å²) in [5, 5.41) is 9.40. The molecule has 4 atom stereocenters. The fourth-order valence-corrected chi connectivity index (χ4v) is 4.52. The lowest BCUT2D eigenvalue weighted by Gasteiger charge is -2.31. The number of nitrogens with one attached hydrogen (secondary N) is 1. The van der Waals surface area contributed by atoms with E-state index < -0.39 is 10.2 Å². The molecular formula is C11H22N2O3S. The Kier molecular flexibility index (Phi) is 3.77. The molecule has 0 radical (unpaired) electrons. The third-order valence-electron chi connectivity index (χ3n) is 4.44. The Bertz CT molecular complexity index is 371. The minimum absolute atomic E-state index is 0.0715. The zero-order chi connectivity index (χ0) is 12.6. The summed E-state index contributed by atoms with van der Waals surface area (Å²) in [6.07, 6.45) is 3.29. The highest BCUT2D eigenvalue weighted by Gasteiger charge is 2.48. The third-order valence-corrected chi connectivity index (χ3v) is 6.09. The molecule has 100 valence electrons. The van der Waals surface area contributed by atoms with Crippen LogP contribution in [-0.4, -0.2) is 44.1 Å². The molecule has 2 aliphatic carbocycles. The molecule has 0 aliphatic heterocycles. The van der Waals surface area contributed by atoms with Gasteiger partial charge < -0.3 is 5.11 Å². The van der Waals surface area contributed by atoms with Gasteiger partial charge in [0.25, 0.3) is 10.2 Å². The number of nitrogens with zero attached hydrogens (tertiary/aromatic N) is 1. The molecule has 17 heavy (non-hydrogen) atoms. The molecule has 0 aromatic carbocycles. The Morgan fingerprint density at radius 3 is 2.59 bits per heavy atom. The lowest BCUT2D eigenvalue weighted by molar-refractivity contribution is 0.152. The van der Waals surface area contributed by atoms with Crippen LogP contribution in [0.4, 0.5) is 0 Å². The Morgan fingerprint density at radius 1 is 1.35 bits per heavy atom. The molecule has 4 unspecified atom stereocenters. The van der Waals surface area contributed by atoms with Crippen LogP contribution >= 0.6 is 0 Å². The average Bonchev–Trinajstić information content (AvgIpc) is 2.87. The van der Waals surface area contributed by atoms with Crippen LogP contribution in [0.2, 0.25) is 0 Å². The van der Waals surface area contributed by atoms with Crippen molar-refractivity contribution in [3.63, 3.8) is 0 Å². The maximum atomic E-state index is 12.0. The molecule has 5 nitrogen and oxygen atoms in total. The lowest BCUT2D eigenvalue weighted by atomic mass is 9.86. The fourth-order valence-electron chi connectivity index (χ4n) is 3.29. The quantitative estimate of drug-likeness (QED) is 0.742. The minimum Gasteiger partial charge on any atom is -0.396 e. The van der Waals surface area contributed by atoms with Gasteiger partial charge in [0.1, 0.15) is 0 Å². The van der Waals surface area contributed by atoms with E-state index in [-0.39, 0.29) is 18.6 Å². The largest absolute Gasteiger partial charge is 0.396 e. The van der Waals surface area contributed by atoms with Crippen LogP contribution in [0.5, 0.6) is 0 Å². The number of aliphatic hydroxyl groups is 1. The van der Waals surface area contributed by atoms with Crippen molar-refractivity contribution in [2.75, 3.05) is 20.2 Å². The first-order valence-corrected chi connectivity index (χ1v) is 7.78. The SMILES string of the molecule is CCN(C)S(=O)(=O)NC1C2CCC(C2)C1CO. The Labute approximate surface area is 103 Å². The van der Waals surface area contributed by atoms with E-state index in [0.29, 0.717) is 18.4 Å². The molecular weight excluding hydrogens is 240 g/mol. The van der Waals surface area contributed by atoms with Gasteiger partial charge in [-0.2, -0.15) is 17.4 Å². The first kappa shape index (κ1) is 13.3. The molecule has 0 aromatic heterocycles. The predicted molar refractivity (Wildman–Crippen MR) is 65.6 cm³/mol. The second kappa shape index (κ2) is 4.84. The van der Waals surface area contributed by atoms with Gasteiger partial charge in [-0.15, -0.1) is 0 Å². The average molecular weight is 262 g/mol. The third kappa shape index (κ3) is 2.36. The topological polar surface area (TPSA) is 69.6 Å². The van der Waals surface area contributed by atoms with E-state index in [2.05, 4.69) is 4.72 Å². The smallest absolute Gasteiger partial charge is 0.279 e. The van der Waals surface area contributed by atoms with E-state index in [9.17, 15) is 13.5 Å². The minimum atomic E-state index is -3.39. The summed E-state index contributed by atoms with van der Waals surface area (Å²) in [6.45, 7) is 2.35. The Hall–Kier alpha value is -0.170. The van der Waals surface area contributed by atoms with Crippen molar-refractivity contribution in [3.8, 4) is 0 Å². The van der Waals surface area contributed by atoms with Crippen LogP contribution in [0.1, 0.15) is 26.2 Å². The maximum Gasteiger partial charge on any atom is 0.279 e. The van der Waals surface area contributed by atoms with Gasteiger partial charge in [0.05, 0.1) is 0 Å². The first-order valence-electron chi connectivity index (χ1n) is 6.34. The predicted octanol–water partition coefficient (Wildman–Crippen LogP) is 0.179. The first-order chi connectivity index (χ1) is 7.99. The normalized spacial score (nSPS) is 36.9. The second-order valence-corrected chi connectivity index (χ2v) is 7.05. The van der Waals surface area contributed by atoms with Crippen LogP contribution in [0.25, 0.3) is 0 Å². The number of hydrogen-bond acceptors (Lipinski definition) is 3. The summed E-state index contributed by atoms with van der Waals surface area (Å²) >= 11 is 0. The van der Waals surface area contributed by atoms with Crippen molar-refractivity contribution in [1.82, 2.24) is 9.03 Å². The van der Waals surface area contributed by atoms with Crippen LogP contribution in [0.3, 0.4) is 0 Å². The van der Waals surface area contributed by atoms with Crippen LogP contribution in [0, 0.1) is 17.8 Å². The number of hydrogen-bond donors (Lipinski definition) is 2. The van der Waals surface area contributed by atoms with Crippen molar-refractivity contribution < 1.29 is 13.5 Å². The molecule has 2 fully saturated rings. The summed E-state index contributed by atoms with van der Waals surface area (Å²) in [7, 11) is -1.81. The molecule has 0 heterocycles. The zero-order valence-electron chi connectivity index (χ0n) is 10.5. The van der Waals surface area contributed by atoms with Gasteiger partial charge in [-0.1, -0.05) is 6.92 Å². The van der Waals surface area contributed by atoms with Gasteiger partial charge in [-0.3, -0.25) is 0 Å². The van der Waals surface area contributed by atoms with Crippen LogP contribution in [-0.2, 0) is 10.2 Å². The van der Waals surface area contributed by atoms with Gasteiger partial charge >= 0.3 is 0 Å². The molecule has 2 N–H and O–H groups in total. The van der Waals surface area contributed by atoms with E-state index in [0.717, 1.165) is 19.3 Å². The monoisotopic (exact) mass is 262 g/mol. The van der Waals surface area contributed by atoms with E-state index in [1.165, 1.54) is 4.31 Å². The summed E-state index contributed by atoms with van der Waals surface area (Å²) in [6, 6.07) is -0.0715. The molecule has 2 saturated carbocycles. The Morgan fingerprint density at radius 2 is 2.00 bits per heavy atom. The van der Waals surface area contributed by atoms with Gasteiger partial charge in [-0.25, -0.2) is 0 Å². The van der Waals surface area contributed by atoms with Gasteiger partial charge in [0.2, 0.25) is 0 Å². The highest BCUT2D eigenvalue weighted by Crippen LogP contribution is 2.48. The number of fused-ring (bicyclic) bond motifs is 2. The van der Waals surface area contributed by atoms with E-state index >= 15 is 0 Å². The summed E-state index contributed by atoms with van der Waals surface area (Å²) in [5.74, 6) is 1.02. The van der Waals surface area contributed by atoms with Gasteiger partial charge in [-0.05, 0) is 31.1 Å². The standard InChI is InChI=1S/C11H22N2O3S/c1-3-13(2)17(15,16)12-11-9-5-4-8(6-9)10(11)7-14/h8-12,14H,3-7H2,1-2H3. The van der Waals surface area contributed by atoms with Crippen molar-refractivity contribution in [2.24, 2.45) is 17.8 Å². The van der Waals surface area contributed by atoms with Crippen LogP contribution in [0.15, 0.2) is 0 Å². The molecule has 0 spiro atoms. The number of rotatable bonds is 5. The van der Waals surface area contributed by atoms with Crippen molar-refractivity contribution >= 4 is 10.2 Å². The van der Waals surface area contributed by atoms with E-state index in [1.807, 2.05) is 6.92 Å². The van der Waals surface area contributed by atoms with Crippen molar-refractivity contribution in [1.29, 1.82) is 0 Å². The lowest BCUT2D eigenvalue weighted by Crippen LogP contribution is -2.49. The fraction of sp³-hybridized carbons (Fsp3) is 1.00. The molecule has 6 heteroatoms. The molecule has 2 aliphatic rings. The maximum absolute atomic E-state index is 12.0. The van der Waals surface area contributed by atoms with Gasteiger partial charge in [0, 0.05) is 32.2 Å². The highest BCUT2D eigenvalue weighted by molar-refractivity contribution is 7.87. The zero-order valence-corrected chi connectivity index (χ0v) is 11.3. The molecule has 2 bridgehead atoms. The molecule has 0 aromatic rings. The highest BCUT2D eigenvalue weighted by atomic mass is 32.2. The van der Waals surface area contributed by atoms with Crippen molar-refractivity contribution in [2.45, 2.75) is 32.2 Å². The van der Waals surface area contributed by atoms with Crippen molar-refractivity contribution in [3.05, 3.63) is 0 Å².